The van der Waals surface area contributed by atoms with Crippen LogP contribution in [0.3, 0.4) is 0 Å². The summed E-state index contributed by atoms with van der Waals surface area (Å²) in [7, 11) is 3.36. The van der Waals surface area contributed by atoms with E-state index in [9.17, 15) is 0 Å². The summed E-state index contributed by atoms with van der Waals surface area (Å²) in [4.78, 5) is 6.92. The number of hydrogen-bond donors (Lipinski definition) is 0. The van der Waals surface area contributed by atoms with Gasteiger partial charge in [-0.3, -0.25) is 0 Å². The number of aryl methyl sites for hydroxylation is 1. The lowest BCUT2D eigenvalue weighted by Gasteiger charge is -2.33. The Bertz CT molecular complexity index is 682. The number of piperidine rings is 1. The molecule has 0 spiro atoms. The van der Waals surface area contributed by atoms with Crippen LogP contribution in [0.25, 0.3) is 0 Å². The lowest BCUT2D eigenvalue weighted by molar-refractivity contribution is 0.164. The number of aromatic nitrogens is 1. The number of rotatable bonds is 5. The van der Waals surface area contributed by atoms with E-state index < -0.39 is 0 Å². The molecule has 128 valence electrons. The zero-order valence-corrected chi connectivity index (χ0v) is 14.5. The fourth-order valence-electron chi connectivity index (χ4n) is 3.00. The summed E-state index contributed by atoms with van der Waals surface area (Å²) in [5.41, 5.74) is 0.998. The molecule has 1 fully saturated rings. The van der Waals surface area contributed by atoms with Gasteiger partial charge in [-0.2, -0.15) is 0 Å². The summed E-state index contributed by atoms with van der Waals surface area (Å²) < 4.78 is 17.0. The second-order valence-corrected chi connectivity index (χ2v) is 5.93. The van der Waals surface area contributed by atoms with Gasteiger partial charge in [-0.25, -0.2) is 4.98 Å². The number of hydrogen-bond acceptors (Lipinski definition) is 5. The molecule has 5 heteroatoms. The second-order valence-electron chi connectivity index (χ2n) is 5.93. The molecule has 5 nitrogen and oxygen atoms in total. The zero-order chi connectivity index (χ0) is 16.9. The third-order valence-corrected chi connectivity index (χ3v) is 4.30. The average Bonchev–Trinajstić information content (AvgIpc) is 2.63. The molecule has 3 rings (SSSR count). The number of para-hydroxylation sites is 2. The van der Waals surface area contributed by atoms with E-state index in [1.165, 1.54) is 0 Å². The topological polar surface area (TPSA) is 43.8 Å². The minimum atomic E-state index is 0.188. The Hall–Kier alpha value is -2.43. The third kappa shape index (κ3) is 3.55. The molecule has 2 heterocycles. The highest BCUT2D eigenvalue weighted by Gasteiger charge is 2.24. The quantitative estimate of drug-likeness (QED) is 0.841. The lowest BCUT2D eigenvalue weighted by atomic mass is 10.1. The predicted molar refractivity (Wildman–Crippen MR) is 94.4 cm³/mol. The fraction of sp³-hybridized carbons (Fsp3) is 0.421. The molecule has 1 aliphatic heterocycles. The van der Waals surface area contributed by atoms with Crippen LogP contribution in [-0.4, -0.2) is 38.4 Å². The Labute approximate surface area is 143 Å². The van der Waals surface area contributed by atoms with Crippen molar-refractivity contribution in [1.29, 1.82) is 0 Å². The van der Waals surface area contributed by atoms with Gasteiger partial charge in [0.25, 0.3) is 0 Å². The van der Waals surface area contributed by atoms with Crippen LogP contribution < -0.4 is 19.1 Å². The summed E-state index contributed by atoms with van der Waals surface area (Å²) >= 11 is 0. The van der Waals surface area contributed by atoms with Crippen LogP contribution in [0.15, 0.2) is 36.4 Å². The summed E-state index contributed by atoms with van der Waals surface area (Å²) in [5.74, 6) is 3.34. The summed E-state index contributed by atoms with van der Waals surface area (Å²) in [5, 5.41) is 0. The van der Waals surface area contributed by atoms with Gasteiger partial charge in [0.15, 0.2) is 23.1 Å². The van der Waals surface area contributed by atoms with Gasteiger partial charge in [-0.1, -0.05) is 12.1 Å². The smallest absolute Gasteiger partial charge is 0.171 e. The first-order chi connectivity index (χ1) is 11.7. The van der Waals surface area contributed by atoms with Gasteiger partial charge >= 0.3 is 0 Å². The molecule has 1 aliphatic rings. The maximum Gasteiger partial charge on any atom is 0.171 e. The molecule has 2 aromatic rings. The van der Waals surface area contributed by atoms with Crippen molar-refractivity contribution in [2.45, 2.75) is 25.9 Å². The van der Waals surface area contributed by atoms with Gasteiger partial charge in [0.05, 0.1) is 14.2 Å². The first-order valence-electron chi connectivity index (χ1n) is 8.27. The molecule has 0 aliphatic carbocycles. The van der Waals surface area contributed by atoms with E-state index in [0.29, 0.717) is 0 Å². The monoisotopic (exact) mass is 328 g/mol. The Morgan fingerprint density at radius 3 is 2.25 bits per heavy atom. The number of ether oxygens (including phenoxy) is 3. The van der Waals surface area contributed by atoms with Crippen molar-refractivity contribution in [3.05, 3.63) is 42.1 Å². The Kier molecular flexibility index (Phi) is 5.08. The van der Waals surface area contributed by atoms with Crippen LogP contribution in [0.1, 0.15) is 18.5 Å². The van der Waals surface area contributed by atoms with E-state index in [1.807, 2.05) is 43.3 Å². The van der Waals surface area contributed by atoms with Gasteiger partial charge in [-0.15, -0.1) is 0 Å². The average molecular weight is 328 g/mol. The maximum absolute atomic E-state index is 6.14. The molecule has 0 radical (unpaired) electrons. The first-order valence-corrected chi connectivity index (χ1v) is 8.27. The second kappa shape index (κ2) is 7.43. The minimum absolute atomic E-state index is 0.188. The van der Waals surface area contributed by atoms with Crippen LogP contribution in [0.4, 0.5) is 5.82 Å². The molecule has 1 aromatic carbocycles. The van der Waals surface area contributed by atoms with E-state index >= 15 is 0 Å². The van der Waals surface area contributed by atoms with Gasteiger partial charge in [0.1, 0.15) is 6.10 Å². The third-order valence-electron chi connectivity index (χ3n) is 4.30. The Morgan fingerprint density at radius 1 is 0.917 bits per heavy atom. The van der Waals surface area contributed by atoms with Gasteiger partial charge in [-0.05, 0) is 31.2 Å². The molecule has 0 atom stereocenters. The largest absolute Gasteiger partial charge is 0.493 e. The molecular weight excluding hydrogens is 304 g/mol. The molecule has 1 saturated heterocycles. The first kappa shape index (κ1) is 16.4. The number of anilines is 1. The van der Waals surface area contributed by atoms with Crippen LogP contribution in [-0.2, 0) is 0 Å². The molecular formula is C19H24N2O3. The highest BCUT2D eigenvalue weighted by atomic mass is 16.5. The predicted octanol–water partition coefficient (Wildman–Crippen LogP) is 3.46. The SMILES string of the molecule is COc1ccccc1OC1CCN(c2nc(C)ccc2OC)CC1. The van der Waals surface area contributed by atoms with Crippen LogP contribution in [0.5, 0.6) is 17.2 Å². The lowest BCUT2D eigenvalue weighted by Crippen LogP contribution is -2.39. The molecule has 1 aromatic heterocycles. The van der Waals surface area contributed by atoms with Gasteiger partial charge < -0.3 is 19.1 Å². The van der Waals surface area contributed by atoms with E-state index in [-0.39, 0.29) is 6.10 Å². The zero-order valence-electron chi connectivity index (χ0n) is 14.5. The van der Waals surface area contributed by atoms with Crippen molar-refractivity contribution in [3.63, 3.8) is 0 Å². The normalized spacial score (nSPS) is 15.2. The van der Waals surface area contributed by atoms with E-state index in [1.54, 1.807) is 14.2 Å². The number of methoxy groups -OCH3 is 2. The van der Waals surface area contributed by atoms with Crippen LogP contribution in [0, 0.1) is 6.92 Å². The van der Waals surface area contributed by atoms with E-state index in [2.05, 4.69) is 9.88 Å². The number of pyridine rings is 1. The number of benzene rings is 1. The van der Waals surface area contributed by atoms with Crippen molar-refractivity contribution in [1.82, 2.24) is 4.98 Å². The molecule has 0 saturated carbocycles. The van der Waals surface area contributed by atoms with Gasteiger partial charge in [0, 0.05) is 31.6 Å². The van der Waals surface area contributed by atoms with Crippen molar-refractivity contribution < 1.29 is 14.2 Å². The van der Waals surface area contributed by atoms with Crippen molar-refractivity contribution in [3.8, 4) is 17.2 Å². The molecule has 0 unspecified atom stereocenters. The highest BCUT2D eigenvalue weighted by Crippen LogP contribution is 2.32. The Balaban J connectivity index is 1.65. The van der Waals surface area contributed by atoms with E-state index in [4.69, 9.17) is 14.2 Å². The number of nitrogens with zero attached hydrogens (tertiary/aromatic N) is 2. The standard InChI is InChI=1S/C19H24N2O3/c1-14-8-9-18(23-3)19(20-14)21-12-10-15(11-13-21)24-17-7-5-4-6-16(17)22-2/h4-9,15H,10-13H2,1-3H3. The Morgan fingerprint density at radius 2 is 1.58 bits per heavy atom. The van der Waals surface area contributed by atoms with E-state index in [0.717, 1.165) is 54.7 Å². The highest BCUT2D eigenvalue weighted by molar-refractivity contribution is 5.53. The van der Waals surface area contributed by atoms with Gasteiger partial charge in [0.2, 0.25) is 0 Å². The summed E-state index contributed by atoms with van der Waals surface area (Å²) in [6, 6.07) is 11.7. The molecule has 0 bridgehead atoms. The van der Waals surface area contributed by atoms with Crippen LogP contribution >= 0.6 is 0 Å². The minimum Gasteiger partial charge on any atom is -0.493 e. The maximum atomic E-state index is 6.14. The molecule has 0 N–H and O–H groups in total. The molecule has 24 heavy (non-hydrogen) atoms. The fourth-order valence-corrected chi connectivity index (χ4v) is 3.00. The van der Waals surface area contributed by atoms with Crippen molar-refractivity contribution in [2.24, 2.45) is 0 Å². The summed E-state index contributed by atoms with van der Waals surface area (Å²) in [6.45, 7) is 3.79. The summed E-state index contributed by atoms with van der Waals surface area (Å²) in [6.07, 6.45) is 2.07. The van der Waals surface area contributed by atoms with Crippen molar-refractivity contribution >= 4 is 5.82 Å². The molecule has 0 amide bonds. The van der Waals surface area contributed by atoms with Crippen molar-refractivity contribution in [2.75, 3.05) is 32.2 Å². The van der Waals surface area contributed by atoms with Crippen LogP contribution in [0.2, 0.25) is 0 Å².